The fourth-order valence-electron chi connectivity index (χ4n) is 2.69. The molecule has 0 aromatic heterocycles. The zero-order valence-corrected chi connectivity index (χ0v) is 16.3. The Kier molecular flexibility index (Phi) is 7.43. The molecule has 2 aromatic carbocycles. The molecule has 0 aliphatic rings. The van der Waals surface area contributed by atoms with Crippen molar-refractivity contribution >= 4 is 22.7 Å². The molecule has 0 bridgehead atoms. The van der Waals surface area contributed by atoms with Gasteiger partial charge in [0, 0.05) is 28.2 Å². The van der Waals surface area contributed by atoms with Gasteiger partial charge in [-0.05, 0) is 62.1 Å². The van der Waals surface area contributed by atoms with Crippen LogP contribution in [0.25, 0.3) is 0 Å². The van der Waals surface area contributed by atoms with Crippen LogP contribution in [0.2, 0.25) is 0 Å². The van der Waals surface area contributed by atoms with E-state index in [2.05, 4.69) is 73.2 Å². The predicted octanol–water partition coefficient (Wildman–Crippen LogP) is 4.77. The van der Waals surface area contributed by atoms with E-state index in [-0.39, 0.29) is 0 Å². The molecule has 4 N–H and O–H groups in total. The first-order valence-corrected chi connectivity index (χ1v) is 8.32. The standard InChI is InChI=1S/2C10H16N2/c1-7-5-9(11-3)10(12-4)6-8(7)2;1-7-5-6-8(2)10(12-4)9(7)11-3/h2*5-6,11-12H,1-4H3. The zero-order valence-electron chi connectivity index (χ0n) is 16.3. The summed E-state index contributed by atoms with van der Waals surface area (Å²) in [5.41, 5.74) is 9.87. The molecule has 0 heterocycles. The topological polar surface area (TPSA) is 48.1 Å². The van der Waals surface area contributed by atoms with E-state index in [9.17, 15) is 0 Å². The highest BCUT2D eigenvalue weighted by Gasteiger charge is 2.04. The highest BCUT2D eigenvalue weighted by atomic mass is 14.9. The zero-order chi connectivity index (χ0) is 18.3. The molecule has 4 nitrogen and oxygen atoms in total. The largest absolute Gasteiger partial charge is 0.386 e. The number of hydrogen-bond donors (Lipinski definition) is 4. The molecule has 2 rings (SSSR count). The van der Waals surface area contributed by atoms with Crippen LogP contribution in [-0.4, -0.2) is 28.2 Å². The van der Waals surface area contributed by atoms with Gasteiger partial charge in [0.15, 0.2) is 0 Å². The SMILES string of the molecule is CNc1c(C)ccc(C)c1NC.CNc1cc(C)c(C)cc1NC. The molecule has 0 fully saturated rings. The second-order valence-electron chi connectivity index (χ2n) is 5.93. The van der Waals surface area contributed by atoms with Crippen molar-refractivity contribution < 1.29 is 0 Å². The first kappa shape index (κ1) is 19.7. The quantitative estimate of drug-likeness (QED) is 0.653. The lowest BCUT2D eigenvalue weighted by atomic mass is 10.1. The molecule has 0 atom stereocenters. The van der Waals surface area contributed by atoms with Crippen molar-refractivity contribution in [3.05, 3.63) is 46.5 Å². The van der Waals surface area contributed by atoms with E-state index >= 15 is 0 Å². The van der Waals surface area contributed by atoms with Gasteiger partial charge in [-0.15, -0.1) is 0 Å². The van der Waals surface area contributed by atoms with Crippen LogP contribution in [0.5, 0.6) is 0 Å². The molecular formula is C20H32N4. The van der Waals surface area contributed by atoms with Crippen LogP contribution in [0.15, 0.2) is 24.3 Å². The van der Waals surface area contributed by atoms with Crippen molar-refractivity contribution in [2.45, 2.75) is 27.7 Å². The first-order valence-electron chi connectivity index (χ1n) is 8.32. The third-order valence-electron chi connectivity index (χ3n) is 4.29. The molecule has 0 amide bonds. The van der Waals surface area contributed by atoms with Gasteiger partial charge in [0.05, 0.1) is 22.7 Å². The number of aryl methyl sites for hydroxylation is 4. The Morgan fingerprint density at radius 3 is 1.08 bits per heavy atom. The summed E-state index contributed by atoms with van der Waals surface area (Å²) in [5.74, 6) is 0. The maximum absolute atomic E-state index is 3.19. The van der Waals surface area contributed by atoms with Gasteiger partial charge in [0.25, 0.3) is 0 Å². The van der Waals surface area contributed by atoms with Gasteiger partial charge in [0.2, 0.25) is 0 Å². The lowest BCUT2D eigenvalue weighted by molar-refractivity contribution is 1.32. The summed E-state index contributed by atoms with van der Waals surface area (Å²) in [6.07, 6.45) is 0. The van der Waals surface area contributed by atoms with Gasteiger partial charge in [0.1, 0.15) is 0 Å². The summed E-state index contributed by atoms with van der Waals surface area (Å²) in [4.78, 5) is 0. The predicted molar refractivity (Wildman–Crippen MR) is 110 cm³/mol. The van der Waals surface area contributed by atoms with Crippen LogP contribution in [0.3, 0.4) is 0 Å². The minimum absolute atomic E-state index is 1.15. The van der Waals surface area contributed by atoms with Crippen molar-refractivity contribution in [2.75, 3.05) is 49.5 Å². The Balaban J connectivity index is 0.000000240. The van der Waals surface area contributed by atoms with Crippen molar-refractivity contribution in [3.63, 3.8) is 0 Å². The number of rotatable bonds is 4. The van der Waals surface area contributed by atoms with Gasteiger partial charge in [-0.1, -0.05) is 12.1 Å². The first-order chi connectivity index (χ1) is 11.4. The smallest absolute Gasteiger partial charge is 0.0605 e. The Hall–Kier alpha value is -2.36. The lowest BCUT2D eigenvalue weighted by Crippen LogP contribution is -2.00. The van der Waals surface area contributed by atoms with E-state index in [0.29, 0.717) is 0 Å². The Bertz CT molecular complexity index is 620. The number of benzene rings is 2. The third-order valence-corrected chi connectivity index (χ3v) is 4.29. The van der Waals surface area contributed by atoms with Crippen LogP contribution in [0.1, 0.15) is 22.3 Å². The molecule has 0 unspecified atom stereocenters. The fraction of sp³-hybridized carbons (Fsp3) is 0.400. The Morgan fingerprint density at radius 2 is 0.833 bits per heavy atom. The average Bonchev–Trinajstić information content (AvgIpc) is 2.59. The summed E-state index contributed by atoms with van der Waals surface area (Å²) >= 11 is 0. The molecule has 0 aliphatic heterocycles. The Labute approximate surface area is 147 Å². The van der Waals surface area contributed by atoms with Crippen molar-refractivity contribution in [2.24, 2.45) is 0 Å². The maximum Gasteiger partial charge on any atom is 0.0605 e. The van der Waals surface area contributed by atoms with E-state index in [4.69, 9.17) is 0 Å². The van der Waals surface area contributed by atoms with E-state index in [1.54, 1.807) is 0 Å². The third kappa shape index (κ3) is 4.57. The molecule has 132 valence electrons. The van der Waals surface area contributed by atoms with E-state index in [1.807, 2.05) is 28.2 Å². The summed E-state index contributed by atoms with van der Waals surface area (Å²) in [6, 6.07) is 8.56. The summed E-state index contributed by atoms with van der Waals surface area (Å²) in [6.45, 7) is 8.45. The van der Waals surface area contributed by atoms with Gasteiger partial charge < -0.3 is 21.3 Å². The molecule has 0 saturated carbocycles. The molecule has 0 radical (unpaired) electrons. The van der Waals surface area contributed by atoms with Gasteiger partial charge in [-0.2, -0.15) is 0 Å². The summed E-state index contributed by atoms with van der Waals surface area (Å²) in [5, 5.41) is 12.7. The second kappa shape index (κ2) is 9.06. The fourth-order valence-corrected chi connectivity index (χ4v) is 2.69. The molecule has 4 heteroatoms. The van der Waals surface area contributed by atoms with Crippen molar-refractivity contribution in [1.29, 1.82) is 0 Å². The second-order valence-corrected chi connectivity index (χ2v) is 5.93. The summed E-state index contributed by atoms with van der Waals surface area (Å²) in [7, 11) is 7.76. The molecule has 24 heavy (non-hydrogen) atoms. The van der Waals surface area contributed by atoms with Crippen LogP contribution in [-0.2, 0) is 0 Å². The lowest BCUT2D eigenvalue weighted by Gasteiger charge is -2.14. The monoisotopic (exact) mass is 328 g/mol. The van der Waals surface area contributed by atoms with E-state index in [1.165, 1.54) is 33.6 Å². The molecule has 0 spiro atoms. The van der Waals surface area contributed by atoms with Gasteiger partial charge >= 0.3 is 0 Å². The molecule has 2 aromatic rings. The minimum atomic E-state index is 1.15. The summed E-state index contributed by atoms with van der Waals surface area (Å²) < 4.78 is 0. The number of anilines is 4. The van der Waals surface area contributed by atoms with Crippen LogP contribution in [0.4, 0.5) is 22.7 Å². The number of nitrogens with one attached hydrogen (secondary N) is 4. The normalized spacial score (nSPS) is 9.67. The van der Waals surface area contributed by atoms with Crippen molar-refractivity contribution in [1.82, 2.24) is 0 Å². The van der Waals surface area contributed by atoms with Crippen LogP contribution in [0, 0.1) is 27.7 Å². The molecule has 0 saturated heterocycles. The average molecular weight is 329 g/mol. The minimum Gasteiger partial charge on any atom is -0.386 e. The van der Waals surface area contributed by atoms with Gasteiger partial charge in [-0.25, -0.2) is 0 Å². The highest BCUT2D eigenvalue weighted by Crippen LogP contribution is 2.28. The van der Waals surface area contributed by atoms with Crippen molar-refractivity contribution in [3.8, 4) is 0 Å². The van der Waals surface area contributed by atoms with Gasteiger partial charge in [-0.3, -0.25) is 0 Å². The molecule has 0 aliphatic carbocycles. The maximum atomic E-state index is 3.19. The van der Waals surface area contributed by atoms with Crippen LogP contribution >= 0.6 is 0 Å². The highest BCUT2D eigenvalue weighted by molar-refractivity contribution is 5.75. The number of hydrogen-bond acceptors (Lipinski definition) is 4. The Morgan fingerprint density at radius 1 is 0.500 bits per heavy atom. The van der Waals surface area contributed by atoms with E-state index in [0.717, 1.165) is 11.4 Å². The molecular weight excluding hydrogens is 296 g/mol. The van der Waals surface area contributed by atoms with E-state index < -0.39 is 0 Å². The van der Waals surface area contributed by atoms with Crippen LogP contribution < -0.4 is 21.3 Å².